The van der Waals surface area contributed by atoms with E-state index in [-0.39, 0.29) is 5.69 Å². The van der Waals surface area contributed by atoms with E-state index in [0.29, 0.717) is 12.2 Å². The Morgan fingerprint density at radius 2 is 1.95 bits per heavy atom. The third-order valence-electron chi connectivity index (χ3n) is 3.12. The van der Waals surface area contributed by atoms with Crippen LogP contribution in [-0.4, -0.2) is 47.4 Å². The fourth-order valence-electron chi connectivity index (χ4n) is 1.95. The second-order valence-electron chi connectivity index (χ2n) is 5.03. The van der Waals surface area contributed by atoms with E-state index in [1.807, 2.05) is 38.4 Å². The largest absolute Gasteiger partial charge is 0.497 e. The first-order valence-electron chi connectivity index (χ1n) is 6.83. The third-order valence-corrected chi connectivity index (χ3v) is 3.12. The van der Waals surface area contributed by atoms with Crippen molar-refractivity contribution in [1.29, 1.82) is 0 Å². The summed E-state index contributed by atoms with van der Waals surface area (Å²) in [6, 6.07) is 7.39. The smallest absolute Gasteiger partial charge is 0.364 e. The molecule has 0 unspecified atom stereocenters. The van der Waals surface area contributed by atoms with Gasteiger partial charge in [0.05, 0.1) is 19.0 Å². The highest BCUT2D eigenvalue weighted by atomic mass is 16.5. The summed E-state index contributed by atoms with van der Waals surface area (Å²) in [5, 5.41) is 4.19. The molecule has 0 fully saturated rings. The maximum absolute atomic E-state index is 12.0. The Hall–Kier alpha value is -2.21. The van der Waals surface area contributed by atoms with Crippen LogP contribution in [0.2, 0.25) is 0 Å². The number of hydrogen-bond donors (Lipinski definition) is 0. The van der Waals surface area contributed by atoms with Crippen LogP contribution in [0.4, 0.5) is 0 Å². The predicted octanol–water partition coefficient (Wildman–Crippen LogP) is 1.27. The van der Waals surface area contributed by atoms with Crippen molar-refractivity contribution in [2.45, 2.75) is 13.0 Å². The number of ether oxygens (including phenoxy) is 1. The summed E-state index contributed by atoms with van der Waals surface area (Å²) in [6.45, 7) is 1.49. The second kappa shape index (κ2) is 6.99. The molecule has 1 aromatic heterocycles. The van der Waals surface area contributed by atoms with Crippen molar-refractivity contribution in [3.63, 3.8) is 0 Å². The lowest BCUT2D eigenvalue weighted by atomic mass is 10.1. The first kappa shape index (κ1) is 15.2. The van der Waals surface area contributed by atoms with Gasteiger partial charge in [-0.2, -0.15) is 10.1 Å². The number of aryl methyl sites for hydroxylation is 1. The van der Waals surface area contributed by atoms with Crippen LogP contribution in [0.5, 0.6) is 5.75 Å². The molecule has 0 spiro atoms. The van der Waals surface area contributed by atoms with E-state index in [1.165, 1.54) is 4.68 Å². The Morgan fingerprint density at radius 1 is 1.24 bits per heavy atom. The Balaban J connectivity index is 2.12. The zero-order valence-corrected chi connectivity index (χ0v) is 12.6. The molecule has 21 heavy (non-hydrogen) atoms. The van der Waals surface area contributed by atoms with Crippen LogP contribution >= 0.6 is 0 Å². The van der Waals surface area contributed by atoms with E-state index in [4.69, 9.17) is 4.74 Å². The second-order valence-corrected chi connectivity index (χ2v) is 5.03. The summed E-state index contributed by atoms with van der Waals surface area (Å²) in [5.41, 5.74) is 1.11. The van der Waals surface area contributed by atoms with Crippen LogP contribution in [0, 0.1) is 0 Å². The monoisotopic (exact) mass is 288 g/mol. The topological polar surface area (TPSA) is 60.2 Å². The zero-order chi connectivity index (χ0) is 15.2. The van der Waals surface area contributed by atoms with Gasteiger partial charge in [-0.15, -0.1) is 0 Å². The highest BCUT2D eigenvalue weighted by Crippen LogP contribution is 2.18. The van der Waals surface area contributed by atoms with Crippen molar-refractivity contribution in [2.75, 3.05) is 27.7 Å². The van der Waals surface area contributed by atoms with Crippen LogP contribution in [0.15, 0.2) is 35.3 Å². The van der Waals surface area contributed by atoms with Gasteiger partial charge in [0.1, 0.15) is 5.75 Å². The lowest BCUT2D eigenvalue weighted by Crippen LogP contribution is -2.27. The predicted molar refractivity (Wildman–Crippen MR) is 81.5 cm³/mol. The third kappa shape index (κ3) is 4.13. The molecule has 6 nitrogen and oxygen atoms in total. The van der Waals surface area contributed by atoms with Crippen molar-refractivity contribution in [1.82, 2.24) is 19.7 Å². The molecule has 0 saturated carbocycles. The maximum Gasteiger partial charge on any atom is 0.364 e. The standard InChI is InChI=1S/C15H20N4O2/c1-18(2)9-4-10-19-15(20)17-14(11-16-19)12-5-7-13(21-3)8-6-12/h5-8,11H,4,9-10H2,1-3H3. The fraction of sp³-hybridized carbons (Fsp3) is 0.400. The SMILES string of the molecule is COc1ccc(-c2cnn(CCCN(C)C)c(=O)n2)cc1. The molecule has 0 atom stereocenters. The van der Waals surface area contributed by atoms with E-state index in [1.54, 1.807) is 13.3 Å². The highest BCUT2D eigenvalue weighted by molar-refractivity contribution is 5.58. The maximum atomic E-state index is 12.0. The van der Waals surface area contributed by atoms with Crippen LogP contribution < -0.4 is 10.4 Å². The number of benzene rings is 1. The molecule has 0 aliphatic rings. The number of aromatic nitrogens is 3. The highest BCUT2D eigenvalue weighted by Gasteiger charge is 2.05. The Labute approximate surface area is 124 Å². The molecule has 112 valence electrons. The van der Waals surface area contributed by atoms with Crippen LogP contribution in [0.25, 0.3) is 11.3 Å². The average Bonchev–Trinajstić information content (AvgIpc) is 2.48. The van der Waals surface area contributed by atoms with Crippen molar-refractivity contribution < 1.29 is 4.74 Å². The summed E-state index contributed by atoms with van der Waals surface area (Å²) < 4.78 is 6.50. The van der Waals surface area contributed by atoms with Gasteiger partial charge in [0, 0.05) is 12.1 Å². The number of hydrogen-bond acceptors (Lipinski definition) is 5. The van der Waals surface area contributed by atoms with Gasteiger partial charge < -0.3 is 9.64 Å². The molecule has 6 heteroatoms. The van der Waals surface area contributed by atoms with E-state index >= 15 is 0 Å². The van der Waals surface area contributed by atoms with E-state index in [2.05, 4.69) is 15.0 Å². The molecule has 2 aromatic rings. The average molecular weight is 288 g/mol. The zero-order valence-electron chi connectivity index (χ0n) is 12.6. The molecule has 0 aliphatic heterocycles. The molecule has 0 bridgehead atoms. The lowest BCUT2D eigenvalue weighted by molar-refractivity contribution is 0.375. The van der Waals surface area contributed by atoms with E-state index in [9.17, 15) is 4.79 Å². The van der Waals surface area contributed by atoms with Gasteiger partial charge in [-0.3, -0.25) is 0 Å². The first-order chi connectivity index (χ1) is 10.1. The van der Waals surface area contributed by atoms with Gasteiger partial charge >= 0.3 is 5.69 Å². The summed E-state index contributed by atoms with van der Waals surface area (Å²) in [7, 11) is 5.62. The minimum absolute atomic E-state index is 0.318. The van der Waals surface area contributed by atoms with Crippen molar-refractivity contribution in [2.24, 2.45) is 0 Å². The molecular formula is C15H20N4O2. The van der Waals surface area contributed by atoms with Crippen LogP contribution in [0.3, 0.4) is 0 Å². The normalized spacial score (nSPS) is 10.9. The van der Waals surface area contributed by atoms with Crippen LogP contribution in [0.1, 0.15) is 6.42 Å². The summed E-state index contributed by atoms with van der Waals surface area (Å²) in [5.74, 6) is 0.767. The molecule has 0 saturated heterocycles. The van der Waals surface area contributed by atoms with E-state index < -0.39 is 0 Å². The van der Waals surface area contributed by atoms with Crippen molar-refractivity contribution in [3.05, 3.63) is 40.9 Å². The van der Waals surface area contributed by atoms with Crippen molar-refractivity contribution >= 4 is 0 Å². The number of methoxy groups -OCH3 is 1. The first-order valence-corrected chi connectivity index (χ1v) is 6.83. The van der Waals surface area contributed by atoms with Gasteiger partial charge in [0.2, 0.25) is 0 Å². The fourth-order valence-corrected chi connectivity index (χ4v) is 1.95. The molecule has 0 amide bonds. The van der Waals surface area contributed by atoms with Gasteiger partial charge in [0.15, 0.2) is 0 Å². The van der Waals surface area contributed by atoms with Gasteiger partial charge in [0.25, 0.3) is 0 Å². The minimum atomic E-state index is -0.318. The van der Waals surface area contributed by atoms with Crippen molar-refractivity contribution in [3.8, 4) is 17.0 Å². The number of nitrogens with zero attached hydrogens (tertiary/aromatic N) is 4. The van der Waals surface area contributed by atoms with E-state index in [0.717, 1.165) is 24.3 Å². The molecule has 1 aromatic carbocycles. The molecular weight excluding hydrogens is 268 g/mol. The molecule has 0 radical (unpaired) electrons. The molecule has 1 heterocycles. The summed E-state index contributed by atoms with van der Waals surface area (Å²) in [6.07, 6.45) is 2.49. The number of rotatable bonds is 6. The summed E-state index contributed by atoms with van der Waals surface area (Å²) >= 11 is 0. The van der Waals surface area contributed by atoms with Gasteiger partial charge in [-0.05, 0) is 51.3 Å². The minimum Gasteiger partial charge on any atom is -0.497 e. The Bertz CT molecular complexity index is 635. The summed E-state index contributed by atoms with van der Waals surface area (Å²) in [4.78, 5) is 18.1. The Morgan fingerprint density at radius 3 is 2.52 bits per heavy atom. The quantitative estimate of drug-likeness (QED) is 0.801. The lowest BCUT2D eigenvalue weighted by Gasteiger charge is -2.09. The Kier molecular flexibility index (Phi) is 5.05. The molecule has 2 rings (SSSR count). The molecule has 0 N–H and O–H groups in total. The van der Waals surface area contributed by atoms with Crippen LogP contribution in [-0.2, 0) is 6.54 Å². The van der Waals surface area contributed by atoms with Gasteiger partial charge in [-0.1, -0.05) is 0 Å². The van der Waals surface area contributed by atoms with Gasteiger partial charge in [-0.25, -0.2) is 9.48 Å². The molecule has 0 aliphatic carbocycles.